The second-order valence-corrected chi connectivity index (χ2v) is 4.39. The Labute approximate surface area is 120 Å². The average molecular weight is 268 g/mol. The third kappa shape index (κ3) is 3.41. The average Bonchev–Trinajstić information content (AvgIpc) is 2.49. The predicted molar refractivity (Wildman–Crippen MR) is 83.4 cm³/mol. The van der Waals surface area contributed by atoms with Crippen LogP contribution in [0, 0.1) is 0 Å². The van der Waals surface area contributed by atoms with Gasteiger partial charge in [0.1, 0.15) is 11.5 Å². The summed E-state index contributed by atoms with van der Waals surface area (Å²) in [5, 5.41) is 0. The summed E-state index contributed by atoms with van der Waals surface area (Å²) in [5.74, 6) is 1.77. The number of ether oxygens (including phenoxy) is 2. The van der Waals surface area contributed by atoms with Crippen LogP contribution in [-0.4, -0.2) is 13.2 Å². The molecule has 2 nitrogen and oxygen atoms in total. The van der Waals surface area contributed by atoms with Crippen LogP contribution < -0.4 is 9.47 Å². The van der Waals surface area contributed by atoms with Crippen molar-refractivity contribution in [3.05, 3.63) is 66.2 Å². The van der Waals surface area contributed by atoms with E-state index in [-0.39, 0.29) is 0 Å². The molecule has 0 radical (unpaired) electrons. The molecule has 2 heteroatoms. The van der Waals surface area contributed by atoms with Crippen molar-refractivity contribution in [3.8, 4) is 11.5 Å². The van der Waals surface area contributed by atoms with Crippen LogP contribution in [0.5, 0.6) is 11.5 Å². The molecule has 2 aromatic rings. The van der Waals surface area contributed by atoms with Crippen LogP contribution in [0.3, 0.4) is 0 Å². The molecule has 0 saturated carbocycles. The molecule has 0 unspecified atom stereocenters. The number of rotatable bonds is 6. The van der Waals surface area contributed by atoms with E-state index in [4.69, 9.17) is 9.47 Å². The van der Waals surface area contributed by atoms with Crippen molar-refractivity contribution < 1.29 is 9.47 Å². The minimum Gasteiger partial charge on any atom is -0.494 e. The normalized spacial score (nSPS) is 10.1. The summed E-state index contributed by atoms with van der Waals surface area (Å²) in [6, 6.07) is 16.0. The topological polar surface area (TPSA) is 18.5 Å². The molecule has 0 aromatic heterocycles. The lowest BCUT2D eigenvalue weighted by molar-refractivity contribution is 0.340. The smallest absolute Gasteiger partial charge is 0.119 e. The monoisotopic (exact) mass is 268 g/mol. The lowest BCUT2D eigenvalue weighted by Gasteiger charge is -2.09. The first-order chi connectivity index (χ1) is 9.74. The van der Waals surface area contributed by atoms with E-state index < -0.39 is 0 Å². The van der Waals surface area contributed by atoms with E-state index in [1.54, 1.807) is 0 Å². The van der Waals surface area contributed by atoms with E-state index in [2.05, 4.69) is 6.58 Å². The SMILES string of the molecule is C=C(c1ccc(OCC)cc1)c1ccc(OCC)cc1. The molecular weight excluding hydrogens is 248 g/mol. The molecule has 0 aliphatic rings. The van der Waals surface area contributed by atoms with Gasteiger partial charge in [0.2, 0.25) is 0 Å². The summed E-state index contributed by atoms with van der Waals surface area (Å²) < 4.78 is 10.9. The number of benzene rings is 2. The van der Waals surface area contributed by atoms with Crippen LogP contribution >= 0.6 is 0 Å². The van der Waals surface area contributed by atoms with Gasteiger partial charge in [0.05, 0.1) is 13.2 Å². The molecule has 0 aliphatic carbocycles. The van der Waals surface area contributed by atoms with Crippen LogP contribution in [0.4, 0.5) is 0 Å². The molecule has 0 aliphatic heterocycles. The summed E-state index contributed by atoms with van der Waals surface area (Å²) in [5.41, 5.74) is 3.19. The van der Waals surface area contributed by atoms with Gasteiger partial charge in [-0.1, -0.05) is 30.8 Å². The van der Waals surface area contributed by atoms with E-state index >= 15 is 0 Å². The van der Waals surface area contributed by atoms with Crippen LogP contribution in [0.25, 0.3) is 5.57 Å². The molecule has 20 heavy (non-hydrogen) atoms. The molecule has 0 bridgehead atoms. The number of hydrogen-bond acceptors (Lipinski definition) is 2. The van der Waals surface area contributed by atoms with Gasteiger partial charge < -0.3 is 9.47 Å². The van der Waals surface area contributed by atoms with Crippen molar-refractivity contribution in [2.24, 2.45) is 0 Å². The van der Waals surface area contributed by atoms with Crippen LogP contribution in [0.2, 0.25) is 0 Å². The molecule has 0 saturated heterocycles. The Kier molecular flexibility index (Phi) is 4.83. The van der Waals surface area contributed by atoms with Crippen molar-refractivity contribution in [2.45, 2.75) is 13.8 Å². The Morgan fingerprint density at radius 1 is 0.750 bits per heavy atom. The third-order valence-corrected chi connectivity index (χ3v) is 3.03. The minimum atomic E-state index is 0.680. The van der Waals surface area contributed by atoms with E-state index in [1.165, 1.54) is 0 Å². The molecule has 0 fully saturated rings. The maximum absolute atomic E-state index is 5.44. The fourth-order valence-corrected chi connectivity index (χ4v) is 2.00. The van der Waals surface area contributed by atoms with E-state index in [0.29, 0.717) is 13.2 Å². The highest BCUT2D eigenvalue weighted by molar-refractivity contribution is 5.78. The first kappa shape index (κ1) is 14.2. The van der Waals surface area contributed by atoms with Crippen molar-refractivity contribution in [2.75, 3.05) is 13.2 Å². The van der Waals surface area contributed by atoms with Crippen molar-refractivity contribution in [1.29, 1.82) is 0 Å². The molecule has 2 aromatic carbocycles. The van der Waals surface area contributed by atoms with E-state index in [0.717, 1.165) is 28.2 Å². The Morgan fingerprint density at radius 2 is 1.10 bits per heavy atom. The van der Waals surface area contributed by atoms with Crippen molar-refractivity contribution >= 4 is 5.57 Å². The van der Waals surface area contributed by atoms with Crippen molar-refractivity contribution in [1.82, 2.24) is 0 Å². The Morgan fingerprint density at radius 3 is 1.40 bits per heavy atom. The fraction of sp³-hybridized carbons (Fsp3) is 0.222. The lowest BCUT2D eigenvalue weighted by atomic mass is 9.99. The van der Waals surface area contributed by atoms with Gasteiger partial charge in [-0.3, -0.25) is 0 Å². The predicted octanol–water partition coefficient (Wildman–Crippen LogP) is 4.55. The highest BCUT2D eigenvalue weighted by atomic mass is 16.5. The van der Waals surface area contributed by atoms with Crippen LogP contribution in [-0.2, 0) is 0 Å². The summed E-state index contributed by atoms with van der Waals surface area (Å²) in [6.45, 7) is 9.48. The summed E-state index contributed by atoms with van der Waals surface area (Å²) in [4.78, 5) is 0. The summed E-state index contributed by atoms with van der Waals surface area (Å²) in [7, 11) is 0. The first-order valence-corrected chi connectivity index (χ1v) is 6.90. The zero-order valence-corrected chi connectivity index (χ0v) is 12.1. The maximum atomic E-state index is 5.44. The van der Waals surface area contributed by atoms with Gasteiger partial charge in [-0.2, -0.15) is 0 Å². The fourth-order valence-electron chi connectivity index (χ4n) is 2.00. The van der Waals surface area contributed by atoms with Crippen molar-refractivity contribution in [3.63, 3.8) is 0 Å². The zero-order valence-electron chi connectivity index (χ0n) is 12.1. The molecule has 0 spiro atoms. The van der Waals surface area contributed by atoms with Gasteiger partial charge >= 0.3 is 0 Å². The van der Waals surface area contributed by atoms with Gasteiger partial charge in [-0.25, -0.2) is 0 Å². The molecule has 0 amide bonds. The third-order valence-electron chi connectivity index (χ3n) is 3.03. The molecule has 0 atom stereocenters. The Hall–Kier alpha value is -2.22. The second kappa shape index (κ2) is 6.80. The quantitative estimate of drug-likeness (QED) is 0.765. The Balaban J connectivity index is 2.13. The largest absolute Gasteiger partial charge is 0.494 e. The molecule has 2 rings (SSSR count). The van der Waals surface area contributed by atoms with Gasteiger partial charge in [-0.15, -0.1) is 0 Å². The second-order valence-electron chi connectivity index (χ2n) is 4.39. The van der Waals surface area contributed by atoms with Gasteiger partial charge in [-0.05, 0) is 54.8 Å². The van der Waals surface area contributed by atoms with Gasteiger partial charge in [0.25, 0.3) is 0 Å². The molecule has 0 N–H and O–H groups in total. The van der Waals surface area contributed by atoms with Gasteiger partial charge in [0.15, 0.2) is 0 Å². The molecule has 104 valence electrons. The Bertz CT molecular complexity index is 501. The summed E-state index contributed by atoms with van der Waals surface area (Å²) >= 11 is 0. The van der Waals surface area contributed by atoms with Gasteiger partial charge in [0, 0.05) is 0 Å². The standard InChI is InChI=1S/C18H20O2/c1-4-19-17-10-6-15(7-11-17)14(3)16-8-12-18(13-9-16)20-5-2/h6-13H,3-5H2,1-2H3. The van der Waals surface area contributed by atoms with Crippen LogP contribution in [0.15, 0.2) is 55.1 Å². The molecule has 0 heterocycles. The van der Waals surface area contributed by atoms with E-state index in [1.807, 2.05) is 62.4 Å². The highest BCUT2D eigenvalue weighted by Crippen LogP contribution is 2.25. The highest BCUT2D eigenvalue weighted by Gasteiger charge is 2.03. The maximum Gasteiger partial charge on any atom is 0.119 e. The molecular formula is C18H20O2. The first-order valence-electron chi connectivity index (χ1n) is 6.90. The van der Waals surface area contributed by atoms with E-state index in [9.17, 15) is 0 Å². The van der Waals surface area contributed by atoms with Crippen LogP contribution in [0.1, 0.15) is 25.0 Å². The lowest BCUT2D eigenvalue weighted by Crippen LogP contribution is -1.93. The minimum absolute atomic E-state index is 0.680. The zero-order chi connectivity index (χ0) is 14.4. The summed E-state index contributed by atoms with van der Waals surface area (Å²) in [6.07, 6.45) is 0. The number of hydrogen-bond donors (Lipinski definition) is 0.